The summed E-state index contributed by atoms with van der Waals surface area (Å²) in [7, 11) is 1.40. The predicted octanol–water partition coefficient (Wildman–Crippen LogP) is 4.03. The van der Waals surface area contributed by atoms with Gasteiger partial charge in [-0.1, -0.05) is 18.2 Å². The minimum Gasteiger partial charge on any atom is -0.508 e. The Kier molecular flexibility index (Phi) is 7.67. The fourth-order valence-electron chi connectivity index (χ4n) is 3.38. The third-order valence-electron chi connectivity index (χ3n) is 4.60. The molecule has 27 heavy (non-hydrogen) atoms. The van der Waals surface area contributed by atoms with E-state index < -0.39 is 0 Å². The highest BCUT2D eigenvalue weighted by Gasteiger charge is 2.16. The zero-order chi connectivity index (χ0) is 19.8. The van der Waals surface area contributed by atoms with Crippen LogP contribution in [0.1, 0.15) is 36.0 Å². The molecule has 0 saturated heterocycles. The van der Waals surface area contributed by atoms with Gasteiger partial charge in [-0.15, -0.1) is 0 Å². The summed E-state index contributed by atoms with van der Waals surface area (Å²) in [5.41, 5.74) is 5.34. The maximum absolute atomic E-state index is 11.4. The van der Waals surface area contributed by atoms with E-state index in [0.29, 0.717) is 12.8 Å². The Morgan fingerprint density at radius 1 is 1.11 bits per heavy atom. The number of carbonyl (C=O) groups excluding carboxylic acids is 1. The number of esters is 1. The number of phenols is 1. The topological polar surface area (TPSA) is 70.0 Å². The number of ether oxygens (including phenoxy) is 1. The Hall–Kier alpha value is -2.53. The van der Waals surface area contributed by atoms with Gasteiger partial charge in [0, 0.05) is 37.0 Å². The quantitative estimate of drug-likeness (QED) is 0.514. The number of unbranched alkanes of at least 4 members (excludes halogenated alkanes) is 1. The van der Waals surface area contributed by atoms with Crippen molar-refractivity contribution in [2.75, 3.05) is 25.2 Å². The number of phenolic OH excluding ortho intramolecular Hbond substituents is 1. The van der Waals surface area contributed by atoms with Crippen LogP contribution in [0.15, 0.2) is 36.4 Å². The highest BCUT2D eigenvalue weighted by molar-refractivity contribution is 5.72. The Labute approximate surface area is 161 Å². The van der Waals surface area contributed by atoms with E-state index in [1.54, 1.807) is 12.1 Å². The van der Waals surface area contributed by atoms with Crippen LogP contribution >= 0.6 is 0 Å². The van der Waals surface area contributed by atoms with Crippen molar-refractivity contribution < 1.29 is 19.7 Å². The number of benzene rings is 2. The molecule has 0 spiro atoms. The van der Waals surface area contributed by atoms with Crippen LogP contribution in [-0.2, 0) is 16.0 Å². The van der Waals surface area contributed by atoms with Crippen molar-refractivity contribution in [3.63, 3.8) is 0 Å². The van der Waals surface area contributed by atoms with Crippen LogP contribution in [0.2, 0.25) is 0 Å². The number of aliphatic hydroxyl groups excluding tert-OH is 1. The van der Waals surface area contributed by atoms with Gasteiger partial charge in [-0.3, -0.25) is 4.79 Å². The number of anilines is 2. The largest absolute Gasteiger partial charge is 0.508 e. The lowest BCUT2D eigenvalue weighted by atomic mass is 9.99. The van der Waals surface area contributed by atoms with Gasteiger partial charge in [0.1, 0.15) is 5.75 Å². The maximum atomic E-state index is 11.4. The maximum Gasteiger partial charge on any atom is 0.305 e. The van der Waals surface area contributed by atoms with Crippen LogP contribution in [-0.4, -0.2) is 36.4 Å². The normalized spacial score (nSPS) is 10.7. The molecule has 0 aromatic heterocycles. The number of methoxy groups -OCH3 is 1. The average molecular weight is 371 g/mol. The second-order valence-electron chi connectivity index (χ2n) is 6.76. The first-order chi connectivity index (χ1) is 13.0. The molecule has 0 aliphatic carbocycles. The molecular weight excluding hydrogens is 342 g/mol. The highest BCUT2D eigenvalue weighted by Crippen LogP contribution is 2.34. The molecule has 2 aromatic carbocycles. The molecule has 0 unspecified atom stereocenters. The number of nitrogens with zero attached hydrogens (tertiary/aromatic N) is 1. The summed E-state index contributed by atoms with van der Waals surface area (Å²) in [4.78, 5) is 13.6. The molecule has 0 amide bonds. The van der Waals surface area contributed by atoms with Gasteiger partial charge in [-0.25, -0.2) is 0 Å². The molecule has 0 bridgehead atoms. The van der Waals surface area contributed by atoms with Crippen molar-refractivity contribution in [1.82, 2.24) is 0 Å². The van der Waals surface area contributed by atoms with E-state index >= 15 is 0 Å². The van der Waals surface area contributed by atoms with Gasteiger partial charge in [-0.2, -0.15) is 0 Å². The first-order valence-electron chi connectivity index (χ1n) is 9.30. The first kappa shape index (κ1) is 20.8. The van der Waals surface area contributed by atoms with Crippen molar-refractivity contribution >= 4 is 17.3 Å². The molecule has 2 rings (SSSR count). The molecule has 0 saturated carbocycles. The molecule has 0 aliphatic rings. The van der Waals surface area contributed by atoms with E-state index in [0.717, 1.165) is 47.5 Å². The van der Waals surface area contributed by atoms with Gasteiger partial charge < -0.3 is 19.8 Å². The molecule has 2 aromatic rings. The molecule has 0 fully saturated rings. The second-order valence-corrected chi connectivity index (χ2v) is 6.76. The number of aromatic hydroxyl groups is 1. The van der Waals surface area contributed by atoms with E-state index in [-0.39, 0.29) is 18.3 Å². The van der Waals surface area contributed by atoms with Gasteiger partial charge in [0.25, 0.3) is 0 Å². The van der Waals surface area contributed by atoms with Crippen LogP contribution < -0.4 is 4.90 Å². The molecule has 146 valence electrons. The molecule has 2 N–H and O–H groups in total. The van der Waals surface area contributed by atoms with Crippen LogP contribution in [0.4, 0.5) is 11.4 Å². The van der Waals surface area contributed by atoms with Crippen molar-refractivity contribution in [3.05, 3.63) is 53.1 Å². The van der Waals surface area contributed by atoms with E-state index in [4.69, 9.17) is 9.84 Å². The molecule has 5 heteroatoms. The van der Waals surface area contributed by atoms with Crippen LogP contribution in [0, 0.1) is 13.8 Å². The standard InChI is InChI=1S/C22H29NO4/c1-16-13-18(9-10-21(26)27-3)14-17(2)22(16)23(11-4-5-12-24)19-7-6-8-20(25)15-19/h6-8,13-15,24-25H,4-5,9-12H2,1-3H3. The van der Waals surface area contributed by atoms with Crippen molar-refractivity contribution in [2.24, 2.45) is 0 Å². The third kappa shape index (κ3) is 5.73. The number of aryl methyl sites for hydroxylation is 3. The highest BCUT2D eigenvalue weighted by atomic mass is 16.5. The Bertz CT molecular complexity index is 750. The molecule has 0 radical (unpaired) electrons. The van der Waals surface area contributed by atoms with E-state index in [1.165, 1.54) is 7.11 Å². The third-order valence-corrected chi connectivity index (χ3v) is 4.60. The fraction of sp³-hybridized carbons (Fsp3) is 0.409. The monoisotopic (exact) mass is 371 g/mol. The lowest BCUT2D eigenvalue weighted by Gasteiger charge is -2.29. The van der Waals surface area contributed by atoms with Crippen molar-refractivity contribution in [3.8, 4) is 5.75 Å². The van der Waals surface area contributed by atoms with Crippen LogP contribution in [0.5, 0.6) is 5.75 Å². The van der Waals surface area contributed by atoms with E-state index in [9.17, 15) is 9.90 Å². The Morgan fingerprint density at radius 3 is 2.41 bits per heavy atom. The molecular formula is C22H29NO4. The lowest BCUT2D eigenvalue weighted by molar-refractivity contribution is -0.140. The number of hydrogen-bond acceptors (Lipinski definition) is 5. The van der Waals surface area contributed by atoms with Gasteiger partial charge in [-0.05, 0) is 61.9 Å². The fourth-order valence-corrected chi connectivity index (χ4v) is 3.38. The number of carbonyl (C=O) groups is 1. The minimum absolute atomic E-state index is 0.165. The average Bonchev–Trinajstić information content (AvgIpc) is 2.64. The number of rotatable bonds is 9. The van der Waals surface area contributed by atoms with Gasteiger partial charge in [0.05, 0.1) is 7.11 Å². The molecule has 0 heterocycles. The number of aliphatic hydroxyl groups is 1. The van der Waals surface area contributed by atoms with Crippen LogP contribution in [0.25, 0.3) is 0 Å². The summed E-state index contributed by atoms with van der Waals surface area (Å²) in [5.74, 6) is 0.0180. The first-order valence-corrected chi connectivity index (χ1v) is 9.30. The smallest absolute Gasteiger partial charge is 0.305 e. The van der Waals surface area contributed by atoms with Crippen LogP contribution in [0.3, 0.4) is 0 Å². The van der Waals surface area contributed by atoms with Gasteiger partial charge >= 0.3 is 5.97 Å². The van der Waals surface area contributed by atoms with Crippen molar-refractivity contribution in [1.29, 1.82) is 0 Å². The van der Waals surface area contributed by atoms with Gasteiger partial charge in [0.2, 0.25) is 0 Å². The second kappa shape index (κ2) is 9.97. The zero-order valence-corrected chi connectivity index (χ0v) is 16.4. The summed E-state index contributed by atoms with van der Waals surface area (Å²) in [6.45, 7) is 5.03. The minimum atomic E-state index is -0.209. The summed E-state index contributed by atoms with van der Waals surface area (Å²) in [5, 5.41) is 19.0. The molecule has 0 aliphatic heterocycles. The van der Waals surface area contributed by atoms with E-state index in [2.05, 4.69) is 30.9 Å². The van der Waals surface area contributed by atoms with E-state index in [1.807, 2.05) is 12.1 Å². The lowest BCUT2D eigenvalue weighted by Crippen LogP contribution is -2.21. The number of hydrogen-bond donors (Lipinski definition) is 2. The summed E-state index contributed by atoms with van der Waals surface area (Å²) in [6.07, 6.45) is 2.58. The summed E-state index contributed by atoms with van der Waals surface area (Å²) >= 11 is 0. The molecule has 0 atom stereocenters. The predicted molar refractivity (Wildman–Crippen MR) is 108 cm³/mol. The van der Waals surface area contributed by atoms with Crippen molar-refractivity contribution in [2.45, 2.75) is 39.5 Å². The van der Waals surface area contributed by atoms with Gasteiger partial charge in [0.15, 0.2) is 0 Å². The zero-order valence-electron chi connectivity index (χ0n) is 16.4. The Balaban J connectivity index is 2.35. The summed E-state index contributed by atoms with van der Waals surface area (Å²) in [6, 6.07) is 11.4. The Morgan fingerprint density at radius 2 is 1.81 bits per heavy atom. The summed E-state index contributed by atoms with van der Waals surface area (Å²) < 4.78 is 4.73. The molecule has 5 nitrogen and oxygen atoms in total. The SMILES string of the molecule is COC(=O)CCc1cc(C)c(N(CCCCO)c2cccc(O)c2)c(C)c1.